The van der Waals surface area contributed by atoms with Crippen LogP contribution in [-0.4, -0.2) is 32.7 Å². The Balaban J connectivity index is 2.88. The Hall–Kier alpha value is -1.27. The van der Waals surface area contributed by atoms with E-state index >= 15 is 0 Å². The van der Waals surface area contributed by atoms with E-state index < -0.39 is 6.10 Å². The number of hydrogen-bond acceptors (Lipinski definition) is 5. The average Bonchev–Trinajstić information content (AvgIpc) is 2.45. The van der Waals surface area contributed by atoms with Gasteiger partial charge in [0.1, 0.15) is 5.82 Å². The molecule has 6 nitrogen and oxygen atoms in total. The van der Waals surface area contributed by atoms with Gasteiger partial charge in [-0.2, -0.15) is 5.10 Å². The predicted octanol–water partition coefficient (Wildman–Crippen LogP) is -1.04. The molecule has 1 aromatic rings. The summed E-state index contributed by atoms with van der Waals surface area (Å²) in [5, 5.41) is 21.9. The van der Waals surface area contributed by atoms with E-state index in [0.29, 0.717) is 11.5 Å². The van der Waals surface area contributed by atoms with E-state index in [1.165, 1.54) is 10.9 Å². The molecule has 0 aliphatic heterocycles. The van der Waals surface area contributed by atoms with Crippen LogP contribution in [0.2, 0.25) is 0 Å². The Labute approximate surface area is 75.8 Å². The molecule has 0 aromatic carbocycles. The number of anilines is 2. The lowest BCUT2D eigenvalue weighted by Gasteiger charge is -2.18. The molecule has 0 bridgehead atoms. The molecule has 74 valence electrons. The van der Waals surface area contributed by atoms with E-state index in [9.17, 15) is 5.11 Å². The summed E-state index contributed by atoms with van der Waals surface area (Å²) in [6.45, 7) is 1.37. The summed E-state index contributed by atoms with van der Waals surface area (Å²) in [4.78, 5) is 0. The van der Waals surface area contributed by atoms with Gasteiger partial charge in [-0.15, -0.1) is 0 Å². The van der Waals surface area contributed by atoms with Crippen LogP contribution in [0.3, 0.4) is 0 Å². The molecule has 0 spiro atoms. The SMILES string of the molecule is CC(C(O)CO)n1ncc(N)c1N. The molecule has 0 saturated heterocycles. The van der Waals surface area contributed by atoms with Gasteiger partial charge >= 0.3 is 0 Å². The van der Waals surface area contributed by atoms with Crippen LogP contribution < -0.4 is 11.5 Å². The molecule has 1 heterocycles. The van der Waals surface area contributed by atoms with Gasteiger partial charge in [0.15, 0.2) is 0 Å². The lowest BCUT2D eigenvalue weighted by atomic mass is 10.2. The topological polar surface area (TPSA) is 110 Å². The molecule has 0 radical (unpaired) electrons. The Morgan fingerprint density at radius 3 is 2.62 bits per heavy atom. The lowest BCUT2D eigenvalue weighted by molar-refractivity contribution is 0.0542. The summed E-state index contributed by atoms with van der Waals surface area (Å²) in [7, 11) is 0. The van der Waals surface area contributed by atoms with E-state index in [4.69, 9.17) is 16.6 Å². The number of nitrogen functional groups attached to an aromatic ring is 2. The van der Waals surface area contributed by atoms with Crippen LogP contribution in [0.4, 0.5) is 11.5 Å². The molecule has 6 heteroatoms. The van der Waals surface area contributed by atoms with E-state index in [-0.39, 0.29) is 12.6 Å². The van der Waals surface area contributed by atoms with Crippen molar-refractivity contribution in [3.05, 3.63) is 6.20 Å². The van der Waals surface area contributed by atoms with E-state index in [1.54, 1.807) is 6.92 Å². The number of nitrogens with two attached hydrogens (primary N) is 2. The highest BCUT2D eigenvalue weighted by Gasteiger charge is 2.18. The first-order valence-corrected chi connectivity index (χ1v) is 3.95. The van der Waals surface area contributed by atoms with Crippen molar-refractivity contribution in [3.63, 3.8) is 0 Å². The van der Waals surface area contributed by atoms with E-state index in [2.05, 4.69) is 5.10 Å². The minimum Gasteiger partial charge on any atom is -0.394 e. The highest BCUT2D eigenvalue weighted by atomic mass is 16.3. The summed E-state index contributed by atoms with van der Waals surface area (Å²) in [5.41, 5.74) is 11.4. The average molecular weight is 186 g/mol. The van der Waals surface area contributed by atoms with Gasteiger partial charge in [0.05, 0.1) is 30.6 Å². The minimum atomic E-state index is -0.887. The second-order valence-electron chi connectivity index (χ2n) is 2.92. The van der Waals surface area contributed by atoms with Crippen molar-refractivity contribution < 1.29 is 10.2 Å². The van der Waals surface area contributed by atoms with Gasteiger partial charge in [0, 0.05) is 0 Å². The fourth-order valence-corrected chi connectivity index (χ4v) is 1.03. The first-order valence-electron chi connectivity index (χ1n) is 3.95. The molecule has 0 amide bonds. The van der Waals surface area contributed by atoms with Crippen LogP contribution >= 0.6 is 0 Å². The monoisotopic (exact) mass is 186 g/mol. The van der Waals surface area contributed by atoms with Crippen LogP contribution in [0.5, 0.6) is 0 Å². The van der Waals surface area contributed by atoms with Crippen molar-refractivity contribution in [3.8, 4) is 0 Å². The third kappa shape index (κ3) is 1.73. The molecular weight excluding hydrogens is 172 g/mol. The van der Waals surface area contributed by atoms with Crippen LogP contribution in [0.15, 0.2) is 6.20 Å². The van der Waals surface area contributed by atoms with Crippen LogP contribution in [0.1, 0.15) is 13.0 Å². The maximum atomic E-state index is 9.31. The van der Waals surface area contributed by atoms with Crippen molar-refractivity contribution in [2.75, 3.05) is 18.1 Å². The van der Waals surface area contributed by atoms with Crippen molar-refractivity contribution in [2.24, 2.45) is 0 Å². The Morgan fingerprint density at radius 1 is 1.62 bits per heavy atom. The highest BCUT2D eigenvalue weighted by molar-refractivity contribution is 5.57. The largest absolute Gasteiger partial charge is 0.394 e. The third-order valence-electron chi connectivity index (χ3n) is 1.99. The first-order chi connectivity index (χ1) is 6.07. The van der Waals surface area contributed by atoms with Gasteiger partial charge in [0.25, 0.3) is 0 Å². The molecule has 0 fully saturated rings. The molecule has 0 aliphatic rings. The fourth-order valence-electron chi connectivity index (χ4n) is 1.03. The number of aliphatic hydroxyl groups is 2. The summed E-state index contributed by atoms with van der Waals surface area (Å²) in [5.74, 6) is 0.306. The molecule has 6 N–H and O–H groups in total. The zero-order chi connectivity index (χ0) is 10.0. The van der Waals surface area contributed by atoms with Gasteiger partial charge in [0.2, 0.25) is 0 Å². The molecule has 1 rings (SSSR count). The van der Waals surface area contributed by atoms with E-state index in [1.807, 2.05) is 0 Å². The molecule has 2 unspecified atom stereocenters. The number of nitrogens with zero attached hydrogens (tertiary/aromatic N) is 2. The van der Waals surface area contributed by atoms with Gasteiger partial charge < -0.3 is 21.7 Å². The zero-order valence-corrected chi connectivity index (χ0v) is 7.38. The van der Waals surface area contributed by atoms with Crippen molar-refractivity contribution in [1.82, 2.24) is 9.78 Å². The molecule has 1 aromatic heterocycles. The number of rotatable bonds is 3. The molecule has 2 atom stereocenters. The quantitative estimate of drug-likeness (QED) is 0.482. The van der Waals surface area contributed by atoms with Gasteiger partial charge in [-0.25, -0.2) is 4.68 Å². The van der Waals surface area contributed by atoms with Gasteiger partial charge in [-0.1, -0.05) is 0 Å². The predicted molar refractivity (Wildman–Crippen MR) is 48.9 cm³/mol. The summed E-state index contributed by atoms with van der Waals surface area (Å²) in [6.07, 6.45) is 0.525. The Kier molecular flexibility index (Phi) is 2.74. The highest BCUT2D eigenvalue weighted by Crippen LogP contribution is 2.19. The Bertz CT molecular complexity index is 286. The van der Waals surface area contributed by atoms with Gasteiger partial charge in [-0.3, -0.25) is 0 Å². The number of hydrogen-bond donors (Lipinski definition) is 4. The van der Waals surface area contributed by atoms with Crippen molar-refractivity contribution in [1.29, 1.82) is 0 Å². The van der Waals surface area contributed by atoms with Crippen LogP contribution in [0, 0.1) is 0 Å². The lowest BCUT2D eigenvalue weighted by Crippen LogP contribution is -2.26. The molecule has 0 aliphatic carbocycles. The second kappa shape index (κ2) is 3.63. The van der Waals surface area contributed by atoms with Crippen molar-refractivity contribution >= 4 is 11.5 Å². The number of aliphatic hydroxyl groups excluding tert-OH is 2. The summed E-state index contributed by atoms with van der Waals surface area (Å²) in [6, 6.07) is -0.387. The fraction of sp³-hybridized carbons (Fsp3) is 0.571. The normalized spacial score (nSPS) is 15.6. The minimum absolute atomic E-state index is 0.306. The Morgan fingerprint density at radius 2 is 2.23 bits per heavy atom. The van der Waals surface area contributed by atoms with Gasteiger partial charge in [-0.05, 0) is 6.92 Å². The maximum Gasteiger partial charge on any atom is 0.145 e. The summed E-state index contributed by atoms with van der Waals surface area (Å²) >= 11 is 0. The van der Waals surface area contributed by atoms with Crippen molar-refractivity contribution in [2.45, 2.75) is 19.1 Å². The maximum absolute atomic E-state index is 9.31. The third-order valence-corrected chi connectivity index (χ3v) is 1.99. The molecule has 13 heavy (non-hydrogen) atoms. The van der Waals surface area contributed by atoms with E-state index in [0.717, 1.165) is 0 Å². The number of aromatic nitrogens is 2. The first kappa shape index (κ1) is 9.82. The summed E-state index contributed by atoms with van der Waals surface area (Å²) < 4.78 is 1.39. The molecule has 0 saturated carbocycles. The second-order valence-corrected chi connectivity index (χ2v) is 2.92. The smallest absolute Gasteiger partial charge is 0.145 e. The molecular formula is C7H14N4O2. The zero-order valence-electron chi connectivity index (χ0n) is 7.38. The van der Waals surface area contributed by atoms with Crippen LogP contribution in [0.25, 0.3) is 0 Å². The standard InChI is InChI=1S/C7H14N4O2/c1-4(6(13)3-12)11-7(9)5(8)2-10-11/h2,4,6,12-13H,3,8-9H2,1H3. The van der Waals surface area contributed by atoms with Crippen LogP contribution in [-0.2, 0) is 0 Å².